The molecule has 9 heteroatoms. The summed E-state index contributed by atoms with van der Waals surface area (Å²) in [5.74, 6) is -3.76. The number of methoxy groups -OCH3 is 1. The summed E-state index contributed by atoms with van der Waals surface area (Å²) >= 11 is 0. The van der Waals surface area contributed by atoms with Gasteiger partial charge < -0.3 is 9.84 Å². The Labute approximate surface area is 130 Å². The van der Waals surface area contributed by atoms with E-state index in [0.29, 0.717) is 17.9 Å². The summed E-state index contributed by atoms with van der Waals surface area (Å²) in [5, 5.41) is 8.80. The Kier molecular flexibility index (Phi) is 4.50. The van der Waals surface area contributed by atoms with E-state index in [-0.39, 0.29) is 4.90 Å². The molecule has 122 valence electrons. The van der Waals surface area contributed by atoms with Crippen LogP contribution in [0.4, 0.5) is 14.5 Å². The molecule has 0 spiro atoms. The number of carboxylic acids is 1. The topological polar surface area (TPSA) is 92.7 Å². The van der Waals surface area contributed by atoms with Crippen LogP contribution in [0.1, 0.15) is 10.4 Å². The largest absolute Gasteiger partial charge is 0.497 e. The number of rotatable bonds is 5. The summed E-state index contributed by atoms with van der Waals surface area (Å²) in [4.78, 5) is 10.6. The minimum Gasteiger partial charge on any atom is -0.497 e. The van der Waals surface area contributed by atoms with E-state index in [1.54, 1.807) is 0 Å². The molecule has 0 saturated carbocycles. The van der Waals surface area contributed by atoms with Crippen LogP contribution in [0.3, 0.4) is 0 Å². The predicted octanol–water partition coefficient (Wildman–Crippen LogP) is 2.47. The second-order valence-electron chi connectivity index (χ2n) is 4.40. The van der Waals surface area contributed by atoms with Crippen molar-refractivity contribution >= 4 is 21.7 Å². The van der Waals surface area contributed by atoms with Crippen LogP contribution in [0.25, 0.3) is 0 Å². The summed E-state index contributed by atoms with van der Waals surface area (Å²) in [5.41, 5.74) is -1.52. The summed E-state index contributed by atoms with van der Waals surface area (Å²) in [6.45, 7) is 0. The molecular formula is C14H11F2NO5S. The van der Waals surface area contributed by atoms with Crippen molar-refractivity contribution in [1.29, 1.82) is 0 Å². The number of nitrogens with one attached hydrogen (secondary N) is 1. The highest BCUT2D eigenvalue weighted by atomic mass is 32.2. The molecule has 0 unspecified atom stereocenters. The average Bonchev–Trinajstić information content (AvgIpc) is 2.49. The van der Waals surface area contributed by atoms with Crippen LogP contribution in [0.5, 0.6) is 5.75 Å². The minimum atomic E-state index is -4.18. The van der Waals surface area contributed by atoms with Gasteiger partial charge in [0.25, 0.3) is 10.0 Å². The van der Waals surface area contributed by atoms with E-state index < -0.39 is 38.9 Å². The van der Waals surface area contributed by atoms with E-state index in [1.807, 2.05) is 4.72 Å². The molecule has 0 aromatic heterocycles. The third-order valence-corrected chi connectivity index (χ3v) is 4.28. The second-order valence-corrected chi connectivity index (χ2v) is 6.08. The fourth-order valence-corrected chi connectivity index (χ4v) is 2.81. The number of carboxylic acid groups (broad SMARTS) is 1. The van der Waals surface area contributed by atoms with Gasteiger partial charge in [0.1, 0.15) is 17.4 Å². The van der Waals surface area contributed by atoms with Crippen LogP contribution in [-0.4, -0.2) is 26.6 Å². The van der Waals surface area contributed by atoms with Crippen molar-refractivity contribution in [1.82, 2.24) is 0 Å². The third-order valence-electron chi connectivity index (χ3n) is 2.90. The fraction of sp³-hybridized carbons (Fsp3) is 0.0714. The number of halogens is 2. The first-order valence-electron chi connectivity index (χ1n) is 6.14. The minimum absolute atomic E-state index is 0.195. The first-order chi connectivity index (χ1) is 10.7. The molecule has 0 saturated heterocycles. The zero-order chi connectivity index (χ0) is 17.2. The lowest BCUT2D eigenvalue weighted by Crippen LogP contribution is -2.15. The number of hydrogen-bond acceptors (Lipinski definition) is 4. The summed E-state index contributed by atoms with van der Waals surface area (Å²) in [6, 6.07) is 6.10. The Balaban J connectivity index is 2.40. The number of hydrogen-bond donors (Lipinski definition) is 2. The van der Waals surface area contributed by atoms with Crippen molar-refractivity contribution in [3.8, 4) is 5.75 Å². The van der Waals surface area contributed by atoms with E-state index in [0.717, 1.165) is 0 Å². The van der Waals surface area contributed by atoms with Crippen molar-refractivity contribution in [2.24, 2.45) is 0 Å². The molecule has 2 aromatic rings. The molecule has 2 rings (SSSR count). The molecular weight excluding hydrogens is 332 g/mol. The van der Waals surface area contributed by atoms with E-state index in [9.17, 15) is 22.0 Å². The molecule has 0 radical (unpaired) electrons. The molecule has 0 heterocycles. The van der Waals surface area contributed by atoms with Gasteiger partial charge in [-0.05, 0) is 30.3 Å². The van der Waals surface area contributed by atoms with Gasteiger partial charge in [0.15, 0.2) is 0 Å². The van der Waals surface area contributed by atoms with Gasteiger partial charge in [-0.3, -0.25) is 4.72 Å². The Bertz CT molecular complexity index is 850. The lowest BCUT2D eigenvalue weighted by Gasteiger charge is -2.10. The molecule has 0 atom stereocenters. The molecule has 23 heavy (non-hydrogen) atoms. The zero-order valence-corrected chi connectivity index (χ0v) is 12.5. The van der Waals surface area contributed by atoms with Crippen LogP contribution in [-0.2, 0) is 10.0 Å². The normalized spacial score (nSPS) is 11.1. The van der Waals surface area contributed by atoms with E-state index in [1.165, 1.54) is 31.4 Å². The molecule has 2 aromatic carbocycles. The van der Waals surface area contributed by atoms with Gasteiger partial charge in [0.05, 0.1) is 23.3 Å². The van der Waals surface area contributed by atoms with Gasteiger partial charge in [-0.2, -0.15) is 0 Å². The lowest BCUT2D eigenvalue weighted by molar-refractivity contribution is 0.0692. The van der Waals surface area contributed by atoms with Gasteiger partial charge >= 0.3 is 5.97 Å². The van der Waals surface area contributed by atoms with Crippen LogP contribution in [0.15, 0.2) is 41.3 Å². The number of ether oxygens (including phenoxy) is 1. The predicted molar refractivity (Wildman–Crippen MR) is 77.1 cm³/mol. The van der Waals surface area contributed by atoms with Gasteiger partial charge in [-0.1, -0.05) is 0 Å². The van der Waals surface area contributed by atoms with Gasteiger partial charge in [0, 0.05) is 6.07 Å². The van der Waals surface area contributed by atoms with E-state index >= 15 is 0 Å². The maximum atomic E-state index is 13.7. The quantitative estimate of drug-likeness (QED) is 0.870. The summed E-state index contributed by atoms with van der Waals surface area (Å²) in [6.07, 6.45) is 0. The van der Waals surface area contributed by atoms with Crippen molar-refractivity contribution < 1.29 is 31.8 Å². The SMILES string of the molecule is COc1ccc(S(=O)(=O)Nc2cc(C(=O)O)c(F)cc2F)cc1. The van der Waals surface area contributed by atoms with Crippen molar-refractivity contribution in [3.05, 3.63) is 53.6 Å². The van der Waals surface area contributed by atoms with Crippen molar-refractivity contribution in [3.63, 3.8) is 0 Å². The second kappa shape index (κ2) is 6.21. The molecule has 0 aliphatic heterocycles. The smallest absolute Gasteiger partial charge is 0.338 e. The Hall–Kier alpha value is -2.68. The van der Waals surface area contributed by atoms with Crippen molar-refractivity contribution in [2.75, 3.05) is 11.8 Å². The lowest BCUT2D eigenvalue weighted by atomic mass is 10.2. The Morgan fingerprint density at radius 2 is 1.74 bits per heavy atom. The number of carbonyl (C=O) groups is 1. The highest BCUT2D eigenvalue weighted by Crippen LogP contribution is 2.24. The summed E-state index contributed by atoms with van der Waals surface area (Å²) in [7, 11) is -2.77. The van der Waals surface area contributed by atoms with Crippen LogP contribution < -0.4 is 9.46 Å². The highest BCUT2D eigenvalue weighted by molar-refractivity contribution is 7.92. The first-order valence-corrected chi connectivity index (χ1v) is 7.62. The van der Waals surface area contributed by atoms with Crippen LogP contribution in [0.2, 0.25) is 0 Å². The molecule has 0 bridgehead atoms. The van der Waals surface area contributed by atoms with E-state index in [4.69, 9.17) is 9.84 Å². The molecule has 0 aliphatic rings. The molecule has 0 amide bonds. The number of benzene rings is 2. The monoisotopic (exact) mass is 343 g/mol. The standard InChI is InChI=1S/C14H11F2NO5S/c1-22-8-2-4-9(5-3-8)23(20,21)17-13-6-10(14(18)19)11(15)7-12(13)16/h2-7,17H,1H3,(H,18,19). The van der Waals surface area contributed by atoms with Crippen LogP contribution >= 0.6 is 0 Å². The Morgan fingerprint density at radius 1 is 1.13 bits per heavy atom. The van der Waals surface area contributed by atoms with Crippen LogP contribution in [0, 0.1) is 11.6 Å². The molecule has 2 N–H and O–H groups in total. The van der Waals surface area contributed by atoms with Gasteiger partial charge in [-0.25, -0.2) is 22.0 Å². The zero-order valence-electron chi connectivity index (χ0n) is 11.7. The maximum Gasteiger partial charge on any atom is 0.338 e. The fourth-order valence-electron chi connectivity index (χ4n) is 1.75. The van der Waals surface area contributed by atoms with Gasteiger partial charge in [0.2, 0.25) is 0 Å². The number of anilines is 1. The van der Waals surface area contributed by atoms with Gasteiger partial charge in [-0.15, -0.1) is 0 Å². The maximum absolute atomic E-state index is 13.7. The Morgan fingerprint density at radius 3 is 2.26 bits per heavy atom. The highest BCUT2D eigenvalue weighted by Gasteiger charge is 2.20. The first kappa shape index (κ1) is 16.7. The molecule has 0 fully saturated rings. The van der Waals surface area contributed by atoms with E-state index in [2.05, 4.69) is 0 Å². The molecule has 6 nitrogen and oxygen atoms in total. The molecule has 0 aliphatic carbocycles. The van der Waals surface area contributed by atoms with Crippen molar-refractivity contribution in [2.45, 2.75) is 4.90 Å². The number of sulfonamides is 1. The summed E-state index contributed by atoms with van der Waals surface area (Å²) < 4.78 is 58.1. The third kappa shape index (κ3) is 3.57. The average molecular weight is 343 g/mol. The number of aromatic carboxylic acids is 1.